The third-order valence-corrected chi connectivity index (χ3v) is 3.52. The van der Waals surface area contributed by atoms with Crippen LogP contribution in [-0.2, 0) is 0 Å². The van der Waals surface area contributed by atoms with Crippen molar-refractivity contribution < 1.29 is 23.5 Å². The number of benzene rings is 2. The molecule has 0 N–H and O–H groups in total. The van der Waals surface area contributed by atoms with E-state index in [2.05, 4.69) is 0 Å². The summed E-state index contributed by atoms with van der Waals surface area (Å²) in [5.74, 6) is -1.19. The first-order chi connectivity index (χ1) is 12.0. The largest absolute Gasteiger partial charge is 0.392 e. The van der Waals surface area contributed by atoms with Crippen LogP contribution in [0.3, 0.4) is 0 Å². The quantitative estimate of drug-likeness (QED) is 0.663. The van der Waals surface area contributed by atoms with Crippen LogP contribution < -0.4 is 9.47 Å². The molecule has 0 spiro atoms. The summed E-state index contributed by atoms with van der Waals surface area (Å²) >= 11 is 0. The molecule has 0 radical (unpaired) electrons. The summed E-state index contributed by atoms with van der Waals surface area (Å²) in [7, 11) is 0. The van der Waals surface area contributed by atoms with Crippen molar-refractivity contribution in [3.05, 3.63) is 82.9 Å². The molecular formula is C20H16O5. The number of carbonyl (C=O) groups excluding carboxylic acids is 2. The van der Waals surface area contributed by atoms with Crippen LogP contribution in [0.1, 0.15) is 31.8 Å². The van der Waals surface area contributed by atoms with E-state index in [1.807, 2.05) is 38.1 Å². The fourth-order valence-corrected chi connectivity index (χ4v) is 2.09. The second-order valence-electron chi connectivity index (χ2n) is 5.58. The number of rotatable bonds is 4. The van der Waals surface area contributed by atoms with E-state index in [0.29, 0.717) is 11.1 Å². The molecule has 3 rings (SSSR count). The Balaban J connectivity index is 1.64. The Bertz CT molecular complexity index is 815. The summed E-state index contributed by atoms with van der Waals surface area (Å²) in [5, 5.41) is 0. The van der Waals surface area contributed by atoms with Crippen LogP contribution in [0.5, 0.6) is 11.9 Å². The molecule has 25 heavy (non-hydrogen) atoms. The zero-order valence-electron chi connectivity index (χ0n) is 13.8. The van der Waals surface area contributed by atoms with E-state index in [4.69, 9.17) is 13.9 Å². The minimum absolute atomic E-state index is 0.0442. The second kappa shape index (κ2) is 7.05. The average molecular weight is 336 g/mol. The van der Waals surface area contributed by atoms with Gasteiger partial charge in [-0.1, -0.05) is 35.4 Å². The molecule has 0 unspecified atom stereocenters. The average Bonchev–Trinajstić information content (AvgIpc) is 3.02. The van der Waals surface area contributed by atoms with Gasteiger partial charge in [0.2, 0.25) is 0 Å². The fourth-order valence-electron chi connectivity index (χ4n) is 2.09. The van der Waals surface area contributed by atoms with Crippen molar-refractivity contribution >= 4 is 11.9 Å². The molecule has 1 heterocycles. The van der Waals surface area contributed by atoms with Crippen LogP contribution in [0.15, 0.2) is 65.1 Å². The van der Waals surface area contributed by atoms with Gasteiger partial charge in [0.1, 0.15) is 0 Å². The smallest absolute Gasteiger partial charge is 0.345 e. The molecule has 0 aliphatic rings. The van der Waals surface area contributed by atoms with Gasteiger partial charge >= 0.3 is 11.9 Å². The molecule has 0 aliphatic heterocycles. The Labute approximate surface area is 144 Å². The van der Waals surface area contributed by atoms with Crippen molar-refractivity contribution in [2.24, 2.45) is 0 Å². The van der Waals surface area contributed by atoms with E-state index in [9.17, 15) is 9.59 Å². The van der Waals surface area contributed by atoms with Crippen molar-refractivity contribution in [1.82, 2.24) is 0 Å². The lowest BCUT2D eigenvalue weighted by atomic mass is 10.1. The first-order valence-electron chi connectivity index (χ1n) is 7.69. The normalized spacial score (nSPS) is 10.3. The fraction of sp³-hybridized carbons (Fsp3) is 0.100. The van der Waals surface area contributed by atoms with E-state index in [-0.39, 0.29) is 11.9 Å². The van der Waals surface area contributed by atoms with E-state index in [1.165, 1.54) is 12.1 Å². The minimum atomic E-state index is -0.550. The van der Waals surface area contributed by atoms with E-state index >= 15 is 0 Å². The molecule has 0 atom stereocenters. The molecule has 0 saturated heterocycles. The topological polar surface area (TPSA) is 65.7 Å². The second-order valence-corrected chi connectivity index (χ2v) is 5.58. The van der Waals surface area contributed by atoms with Gasteiger partial charge in [0, 0.05) is 12.1 Å². The number of ether oxygens (including phenoxy) is 2. The summed E-state index contributed by atoms with van der Waals surface area (Å²) in [6, 6.07) is 16.8. The van der Waals surface area contributed by atoms with Crippen molar-refractivity contribution in [3.8, 4) is 11.9 Å². The van der Waals surface area contributed by atoms with Gasteiger partial charge in [-0.05, 0) is 38.1 Å². The maximum absolute atomic E-state index is 12.0. The van der Waals surface area contributed by atoms with Gasteiger partial charge in [-0.2, -0.15) is 0 Å². The Kier molecular flexibility index (Phi) is 4.66. The van der Waals surface area contributed by atoms with Gasteiger partial charge < -0.3 is 13.9 Å². The SMILES string of the molecule is Cc1ccc(C(=O)Oc2ccc(OC(=O)c3ccc(C)cc3)o2)cc1. The van der Waals surface area contributed by atoms with Crippen LogP contribution in [0.25, 0.3) is 0 Å². The highest BCUT2D eigenvalue weighted by Gasteiger charge is 2.15. The number of furan rings is 1. The van der Waals surface area contributed by atoms with E-state index in [0.717, 1.165) is 11.1 Å². The molecule has 3 aromatic rings. The molecule has 1 aromatic heterocycles. The lowest BCUT2D eigenvalue weighted by Crippen LogP contribution is -2.08. The van der Waals surface area contributed by atoms with E-state index < -0.39 is 11.9 Å². The van der Waals surface area contributed by atoms with Crippen LogP contribution in [0.4, 0.5) is 0 Å². The zero-order valence-corrected chi connectivity index (χ0v) is 13.8. The summed E-state index contributed by atoms with van der Waals surface area (Å²) in [6.07, 6.45) is 0. The maximum atomic E-state index is 12.0. The van der Waals surface area contributed by atoms with Crippen molar-refractivity contribution in [3.63, 3.8) is 0 Å². The lowest BCUT2D eigenvalue weighted by Gasteiger charge is -2.02. The molecule has 0 saturated carbocycles. The lowest BCUT2D eigenvalue weighted by molar-refractivity contribution is 0.0649. The van der Waals surface area contributed by atoms with Crippen LogP contribution in [0.2, 0.25) is 0 Å². The van der Waals surface area contributed by atoms with Crippen LogP contribution in [0, 0.1) is 13.8 Å². The van der Waals surface area contributed by atoms with Gasteiger partial charge in [-0.25, -0.2) is 9.59 Å². The Hall–Kier alpha value is -3.34. The Morgan fingerprint density at radius 2 is 1.00 bits per heavy atom. The highest BCUT2D eigenvalue weighted by atomic mass is 16.7. The molecule has 0 amide bonds. The molecule has 0 aliphatic carbocycles. The molecule has 5 nitrogen and oxygen atoms in total. The molecular weight excluding hydrogens is 320 g/mol. The van der Waals surface area contributed by atoms with Crippen LogP contribution in [-0.4, -0.2) is 11.9 Å². The van der Waals surface area contributed by atoms with Gasteiger partial charge in [0.15, 0.2) is 0 Å². The number of hydrogen-bond acceptors (Lipinski definition) is 5. The summed E-state index contributed by atoms with van der Waals surface area (Å²) in [4.78, 5) is 24.0. The van der Waals surface area contributed by atoms with Gasteiger partial charge in [0.25, 0.3) is 11.9 Å². The molecule has 5 heteroatoms. The number of hydrogen-bond donors (Lipinski definition) is 0. The van der Waals surface area contributed by atoms with Gasteiger partial charge in [0.05, 0.1) is 11.1 Å². The predicted octanol–water partition coefficient (Wildman–Crippen LogP) is 4.33. The number of esters is 2. The van der Waals surface area contributed by atoms with Crippen molar-refractivity contribution in [2.75, 3.05) is 0 Å². The van der Waals surface area contributed by atoms with E-state index in [1.54, 1.807) is 24.3 Å². The van der Waals surface area contributed by atoms with Crippen molar-refractivity contribution in [2.45, 2.75) is 13.8 Å². The molecule has 2 aromatic carbocycles. The summed E-state index contributed by atoms with van der Waals surface area (Å²) in [5.41, 5.74) is 2.89. The third kappa shape index (κ3) is 4.14. The third-order valence-electron chi connectivity index (χ3n) is 3.52. The molecule has 0 fully saturated rings. The standard InChI is InChI=1S/C20H16O5/c1-13-3-7-15(8-4-13)19(21)24-17-11-12-18(23-17)25-20(22)16-9-5-14(2)6-10-16/h3-12H,1-2H3. The first kappa shape index (κ1) is 16.5. The summed E-state index contributed by atoms with van der Waals surface area (Å²) < 4.78 is 15.5. The zero-order chi connectivity index (χ0) is 17.8. The Morgan fingerprint density at radius 1 is 0.640 bits per heavy atom. The van der Waals surface area contributed by atoms with Crippen molar-refractivity contribution in [1.29, 1.82) is 0 Å². The molecule has 0 bridgehead atoms. The first-order valence-corrected chi connectivity index (χ1v) is 7.69. The minimum Gasteiger partial charge on any atom is -0.392 e. The number of carbonyl (C=O) groups is 2. The number of aryl methyl sites for hydroxylation is 2. The maximum Gasteiger partial charge on any atom is 0.345 e. The van der Waals surface area contributed by atoms with Gasteiger partial charge in [-0.15, -0.1) is 0 Å². The monoisotopic (exact) mass is 336 g/mol. The summed E-state index contributed by atoms with van der Waals surface area (Å²) in [6.45, 7) is 3.85. The predicted molar refractivity (Wildman–Crippen MR) is 91.0 cm³/mol. The molecule has 126 valence electrons. The Morgan fingerprint density at radius 3 is 1.36 bits per heavy atom. The van der Waals surface area contributed by atoms with Gasteiger partial charge in [-0.3, -0.25) is 0 Å². The highest BCUT2D eigenvalue weighted by molar-refractivity contribution is 5.91. The van der Waals surface area contributed by atoms with Crippen LogP contribution >= 0.6 is 0 Å². The highest BCUT2D eigenvalue weighted by Crippen LogP contribution is 2.24.